The van der Waals surface area contributed by atoms with Gasteiger partial charge in [0, 0.05) is 24.6 Å². The molecule has 3 rings (SSSR count). The molecule has 0 aliphatic heterocycles. The molecule has 1 aromatic heterocycles. The lowest BCUT2D eigenvalue weighted by Crippen LogP contribution is -2.31. The van der Waals surface area contributed by atoms with Crippen LogP contribution in [0.5, 0.6) is 0 Å². The minimum absolute atomic E-state index is 0.123. The van der Waals surface area contributed by atoms with Crippen molar-refractivity contribution >= 4 is 11.7 Å². The summed E-state index contributed by atoms with van der Waals surface area (Å²) in [5, 5.41) is 2.94. The van der Waals surface area contributed by atoms with Gasteiger partial charge in [-0.2, -0.15) is 0 Å². The molecule has 1 heterocycles. The Balaban J connectivity index is 1.63. The molecule has 1 aliphatic carbocycles. The normalized spacial score (nSPS) is 13.0. The van der Waals surface area contributed by atoms with Crippen LogP contribution in [0.2, 0.25) is 0 Å². The standard InChI is InChI=1S/C16H20N4O/c1-11-9-17-15(18-11)10-20(2)16(21)19-14-7-6-12-4-3-5-13(12)8-14/h6-9H,3-5,10H2,1-2H3,(H,17,18)(H,19,21). The van der Waals surface area contributed by atoms with E-state index in [2.05, 4.69) is 27.4 Å². The molecule has 1 aromatic carbocycles. The number of imidazole rings is 1. The van der Waals surface area contributed by atoms with Gasteiger partial charge in [-0.1, -0.05) is 6.07 Å². The number of fused-ring (bicyclic) bond motifs is 1. The first kappa shape index (κ1) is 13.7. The molecule has 0 atom stereocenters. The highest BCUT2D eigenvalue weighted by Crippen LogP contribution is 2.25. The van der Waals surface area contributed by atoms with Crippen LogP contribution in [-0.2, 0) is 19.4 Å². The number of aromatic amines is 1. The second-order valence-corrected chi connectivity index (χ2v) is 5.64. The van der Waals surface area contributed by atoms with Gasteiger partial charge in [0.15, 0.2) is 0 Å². The van der Waals surface area contributed by atoms with Crippen molar-refractivity contribution in [1.82, 2.24) is 14.9 Å². The summed E-state index contributed by atoms with van der Waals surface area (Å²) in [5.41, 5.74) is 4.63. The van der Waals surface area contributed by atoms with E-state index < -0.39 is 0 Å². The number of H-pyrrole nitrogens is 1. The Hall–Kier alpha value is -2.30. The number of benzene rings is 1. The van der Waals surface area contributed by atoms with Crippen LogP contribution in [0.4, 0.5) is 10.5 Å². The van der Waals surface area contributed by atoms with E-state index in [9.17, 15) is 4.79 Å². The number of nitrogens with zero attached hydrogens (tertiary/aromatic N) is 2. The lowest BCUT2D eigenvalue weighted by atomic mass is 10.1. The topological polar surface area (TPSA) is 61.0 Å². The smallest absolute Gasteiger partial charge is 0.321 e. The molecule has 2 N–H and O–H groups in total. The molecule has 0 radical (unpaired) electrons. The number of anilines is 1. The van der Waals surface area contributed by atoms with Gasteiger partial charge in [0.1, 0.15) is 5.82 Å². The zero-order valence-electron chi connectivity index (χ0n) is 12.4. The van der Waals surface area contributed by atoms with Crippen molar-refractivity contribution in [3.63, 3.8) is 0 Å². The highest BCUT2D eigenvalue weighted by atomic mass is 16.2. The second-order valence-electron chi connectivity index (χ2n) is 5.64. The molecular weight excluding hydrogens is 264 g/mol. The average molecular weight is 284 g/mol. The molecule has 5 nitrogen and oxygen atoms in total. The van der Waals surface area contributed by atoms with Crippen LogP contribution in [0.1, 0.15) is 29.1 Å². The fraction of sp³-hybridized carbons (Fsp3) is 0.375. The fourth-order valence-electron chi connectivity index (χ4n) is 2.71. The Kier molecular flexibility index (Phi) is 3.64. The van der Waals surface area contributed by atoms with E-state index in [0.717, 1.165) is 30.0 Å². The molecule has 0 saturated heterocycles. The average Bonchev–Trinajstić information content (AvgIpc) is 3.07. The third kappa shape index (κ3) is 3.07. The van der Waals surface area contributed by atoms with E-state index in [1.54, 1.807) is 18.1 Å². The Morgan fingerprint density at radius 1 is 1.38 bits per heavy atom. The zero-order valence-corrected chi connectivity index (χ0v) is 12.4. The summed E-state index contributed by atoms with van der Waals surface area (Å²) in [5.74, 6) is 0.791. The van der Waals surface area contributed by atoms with Gasteiger partial charge in [0.2, 0.25) is 0 Å². The maximum absolute atomic E-state index is 12.2. The highest BCUT2D eigenvalue weighted by Gasteiger charge is 2.14. The molecule has 2 aromatic rings. The number of aromatic nitrogens is 2. The summed E-state index contributed by atoms with van der Waals surface area (Å²) in [6.45, 7) is 2.41. The summed E-state index contributed by atoms with van der Waals surface area (Å²) in [7, 11) is 1.76. The number of aryl methyl sites for hydroxylation is 3. The Morgan fingerprint density at radius 2 is 2.19 bits per heavy atom. The van der Waals surface area contributed by atoms with Crippen LogP contribution in [0, 0.1) is 6.92 Å². The summed E-state index contributed by atoms with van der Waals surface area (Å²) in [6, 6.07) is 6.06. The van der Waals surface area contributed by atoms with E-state index >= 15 is 0 Å². The number of carbonyl (C=O) groups is 1. The van der Waals surface area contributed by atoms with Crippen molar-refractivity contribution in [3.8, 4) is 0 Å². The molecule has 0 unspecified atom stereocenters. The number of hydrogen-bond donors (Lipinski definition) is 2. The highest BCUT2D eigenvalue weighted by molar-refractivity contribution is 5.89. The number of amides is 2. The van der Waals surface area contributed by atoms with Crippen molar-refractivity contribution in [3.05, 3.63) is 47.0 Å². The van der Waals surface area contributed by atoms with Gasteiger partial charge in [-0.05, 0) is 49.4 Å². The van der Waals surface area contributed by atoms with E-state index in [4.69, 9.17) is 0 Å². The van der Waals surface area contributed by atoms with Crippen molar-refractivity contribution in [2.75, 3.05) is 12.4 Å². The van der Waals surface area contributed by atoms with Crippen molar-refractivity contribution < 1.29 is 4.79 Å². The molecule has 0 spiro atoms. The Morgan fingerprint density at radius 3 is 2.95 bits per heavy atom. The van der Waals surface area contributed by atoms with Crippen molar-refractivity contribution in [1.29, 1.82) is 0 Å². The predicted molar refractivity (Wildman–Crippen MR) is 82.3 cm³/mol. The number of hydrogen-bond acceptors (Lipinski definition) is 2. The van der Waals surface area contributed by atoms with Crippen LogP contribution in [0.25, 0.3) is 0 Å². The number of urea groups is 1. The van der Waals surface area contributed by atoms with Gasteiger partial charge in [0.05, 0.1) is 6.54 Å². The zero-order chi connectivity index (χ0) is 14.8. The van der Waals surface area contributed by atoms with E-state index in [1.807, 2.05) is 13.0 Å². The van der Waals surface area contributed by atoms with E-state index in [-0.39, 0.29) is 6.03 Å². The van der Waals surface area contributed by atoms with Gasteiger partial charge in [-0.25, -0.2) is 9.78 Å². The molecule has 21 heavy (non-hydrogen) atoms. The predicted octanol–water partition coefficient (Wildman–Crippen LogP) is 2.87. The maximum atomic E-state index is 12.2. The lowest BCUT2D eigenvalue weighted by molar-refractivity contribution is 0.219. The summed E-state index contributed by atoms with van der Waals surface area (Å²) >= 11 is 0. The van der Waals surface area contributed by atoms with Gasteiger partial charge in [-0.3, -0.25) is 0 Å². The van der Waals surface area contributed by atoms with E-state index in [1.165, 1.54) is 17.5 Å². The molecule has 0 bridgehead atoms. The van der Waals surface area contributed by atoms with Gasteiger partial charge in [-0.15, -0.1) is 0 Å². The number of nitrogens with one attached hydrogen (secondary N) is 2. The quantitative estimate of drug-likeness (QED) is 0.910. The first-order chi connectivity index (χ1) is 10.1. The molecule has 5 heteroatoms. The minimum atomic E-state index is -0.123. The van der Waals surface area contributed by atoms with Crippen molar-refractivity contribution in [2.24, 2.45) is 0 Å². The first-order valence-corrected chi connectivity index (χ1v) is 7.26. The number of carbonyl (C=O) groups excluding carboxylic acids is 1. The molecular formula is C16H20N4O. The van der Waals surface area contributed by atoms with Crippen molar-refractivity contribution in [2.45, 2.75) is 32.7 Å². The Bertz CT molecular complexity index is 662. The first-order valence-electron chi connectivity index (χ1n) is 7.26. The molecule has 110 valence electrons. The maximum Gasteiger partial charge on any atom is 0.321 e. The van der Waals surface area contributed by atoms with Gasteiger partial charge < -0.3 is 15.2 Å². The van der Waals surface area contributed by atoms with Gasteiger partial charge >= 0.3 is 6.03 Å². The fourth-order valence-corrected chi connectivity index (χ4v) is 2.71. The molecule has 0 fully saturated rings. The molecule has 0 saturated carbocycles. The van der Waals surface area contributed by atoms with Gasteiger partial charge in [0.25, 0.3) is 0 Å². The molecule has 2 amide bonds. The summed E-state index contributed by atoms with van der Waals surface area (Å²) in [4.78, 5) is 21.2. The largest absolute Gasteiger partial charge is 0.345 e. The Labute approximate surface area is 124 Å². The monoisotopic (exact) mass is 284 g/mol. The molecule has 1 aliphatic rings. The third-order valence-electron chi connectivity index (χ3n) is 3.84. The van der Waals surface area contributed by atoms with Crippen LogP contribution in [0.3, 0.4) is 0 Å². The van der Waals surface area contributed by atoms with Crippen LogP contribution in [-0.4, -0.2) is 27.9 Å². The summed E-state index contributed by atoms with van der Waals surface area (Å²) < 4.78 is 0. The third-order valence-corrected chi connectivity index (χ3v) is 3.84. The lowest BCUT2D eigenvalue weighted by Gasteiger charge is -2.17. The van der Waals surface area contributed by atoms with Crippen LogP contribution < -0.4 is 5.32 Å². The van der Waals surface area contributed by atoms with Crippen LogP contribution >= 0.6 is 0 Å². The van der Waals surface area contributed by atoms with E-state index in [0.29, 0.717) is 6.54 Å². The number of rotatable bonds is 3. The SMILES string of the molecule is Cc1cnc(CN(C)C(=O)Nc2ccc3c(c2)CCC3)[nH]1. The minimum Gasteiger partial charge on any atom is -0.345 e. The van der Waals surface area contributed by atoms with Crippen LogP contribution in [0.15, 0.2) is 24.4 Å². The second kappa shape index (κ2) is 5.60. The summed E-state index contributed by atoms with van der Waals surface area (Å²) in [6.07, 6.45) is 5.24.